The maximum atomic E-state index is 12.4. The fourth-order valence-corrected chi connectivity index (χ4v) is 3.68. The predicted molar refractivity (Wildman–Crippen MR) is 127 cm³/mol. The molecule has 0 aliphatic heterocycles. The zero-order chi connectivity index (χ0) is 27.5. The van der Waals surface area contributed by atoms with E-state index >= 15 is 0 Å². The molecule has 1 aromatic heterocycles. The molecule has 0 aliphatic rings. The summed E-state index contributed by atoms with van der Waals surface area (Å²) in [5.74, 6) is -7.45. The number of hydrogen-bond donors (Lipinski definition) is 7. The van der Waals surface area contributed by atoms with Crippen LogP contribution in [0, 0.1) is 0 Å². The number of carbonyl (C=O) groups excluding carboxylic acids is 1. The number of aromatic nitrogens is 2. The minimum Gasteiger partial charge on any atom is -0.494 e. The van der Waals surface area contributed by atoms with E-state index in [9.17, 15) is 44.1 Å². The lowest BCUT2D eigenvalue weighted by molar-refractivity contribution is -0.142. The molecular weight excluding hydrogens is 492 g/mol. The second-order valence-corrected chi connectivity index (χ2v) is 8.13. The fraction of sp³-hybridized carbons (Fsp3) is 0.391. The van der Waals surface area contributed by atoms with Gasteiger partial charge in [0.25, 0.3) is 5.56 Å². The monoisotopic (exact) mass is 520 g/mol. The van der Waals surface area contributed by atoms with Gasteiger partial charge in [-0.15, -0.1) is 0 Å². The van der Waals surface area contributed by atoms with Crippen molar-refractivity contribution in [2.75, 3.05) is 6.54 Å². The predicted octanol–water partition coefficient (Wildman–Crippen LogP) is 0.571. The lowest BCUT2D eigenvalue weighted by Gasteiger charge is -2.20. The number of urea groups is 1. The molecule has 0 fully saturated rings. The van der Waals surface area contributed by atoms with Crippen molar-refractivity contribution in [1.29, 1.82) is 0 Å². The van der Waals surface area contributed by atoms with Crippen LogP contribution in [0.25, 0.3) is 0 Å². The van der Waals surface area contributed by atoms with Crippen LogP contribution in [0.2, 0.25) is 0 Å². The number of aliphatic carboxylic acids is 3. The lowest BCUT2D eigenvalue weighted by atomic mass is 9.95. The van der Waals surface area contributed by atoms with Crippen molar-refractivity contribution in [1.82, 2.24) is 20.2 Å². The Bertz CT molecular complexity index is 1240. The summed E-state index contributed by atoms with van der Waals surface area (Å²) in [6.45, 7) is 0.495. The highest BCUT2D eigenvalue weighted by molar-refractivity contribution is 5.78. The number of carbonyl (C=O) groups is 4. The number of rotatable bonds is 14. The first-order valence-corrected chi connectivity index (χ1v) is 11.3. The van der Waals surface area contributed by atoms with Crippen LogP contribution in [0.4, 0.5) is 4.79 Å². The number of hydrogen-bond acceptors (Lipinski definition) is 7. The number of nitrogens with one attached hydrogen (secondary N) is 3. The van der Waals surface area contributed by atoms with E-state index in [0.29, 0.717) is 17.5 Å². The smallest absolute Gasteiger partial charge is 0.331 e. The zero-order valence-electron chi connectivity index (χ0n) is 19.7. The van der Waals surface area contributed by atoms with Gasteiger partial charge in [-0.3, -0.25) is 19.4 Å². The van der Waals surface area contributed by atoms with Gasteiger partial charge < -0.3 is 31.1 Å². The molecule has 14 heteroatoms. The van der Waals surface area contributed by atoms with Crippen molar-refractivity contribution in [3.8, 4) is 5.88 Å². The highest BCUT2D eigenvalue weighted by Gasteiger charge is 2.32. The standard InChI is InChI=1S/C23H28N4O10/c28-16(29)10-9-14(20(32)33)17-18(30)26-23(37)27(19(17)31)15(21(34)35)8-4-5-11-24-22(36)25-12-13-6-2-1-3-7-13/h1-3,6-7,14-15,31H,4-5,8-12H2,(H,28,29)(H,32,33)(H,34,35)(H2,24,25,36)(H,26,30,37)/t14-,15-/m0/s1. The van der Waals surface area contributed by atoms with Gasteiger partial charge in [0.05, 0.1) is 11.5 Å². The van der Waals surface area contributed by atoms with Gasteiger partial charge >= 0.3 is 29.6 Å². The third-order valence-corrected chi connectivity index (χ3v) is 5.53. The summed E-state index contributed by atoms with van der Waals surface area (Å²) >= 11 is 0. The molecule has 0 saturated heterocycles. The number of unbranched alkanes of at least 4 members (excludes halogenated alkanes) is 1. The molecule has 0 aliphatic carbocycles. The molecule has 1 aromatic carbocycles. The van der Waals surface area contributed by atoms with Gasteiger partial charge in [0.15, 0.2) is 0 Å². The number of carboxylic acid groups (broad SMARTS) is 3. The molecule has 2 aromatic rings. The number of H-pyrrole nitrogens is 1. The molecule has 0 bridgehead atoms. The number of benzene rings is 1. The number of carboxylic acids is 3. The van der Waals surface area contributed by atoms with E-state index < -0.39 is 71.4 Å². The van der Waals surface area contributed by atoms with Gasteiger partial charge in [0.1, 0.15) is 6.04 Å². The van der Waals surface area contributed by atoms with Crippen LogP contribution in [0.15, 0.2) is 39.9 Å². The van der Waals surface area contributed by atoms with Crippen molar-refractivity contribution >= 4 is 23.9 Å². The van der Waals surface area contributed by atoms with E-state index in [1.54, 1.807) is 4.98 Å². The van der Waals surface area contributed by atoms with Crippen LogP contribution < -0.4 is 21.9 Å². The molecule has 14 nitrogen and oxygen atoms in total. The molecule has 0 saturated carbocycles. The largest absolute Gasteiger partial charge is 0.494 e. The summed E-state index contributed by atoms with van der Waals surface area (Å²) < 4.78 is 0.371. The molecule has 200 valence electrons. The van der Waals surface area contributed by atoms with Crippen LogP contribution >= 0.6 is 0 Å². The highest BCUT2D eigenvalue weighted by Crippen LogP contribution is 2.28. The average Bonchev–Trinajstić information content (AvgIpc) is 2.83. The Kier molecular flexibility index (Phi) is 10.4. The first kappa shape index (κ1) is 28.6. The van der Waals surface area contributed by atoms with Crippen molar-refractivity contribution in [2.24, 2.45) is 0 Å². The quantitative estimate of drug-likeness (QED) is 0.171. The minimum atomic E-state index is -1.79. The summed E-state index contributed by atoms with van der Waals surface area (Å²) in [5.41, 5.74) is -2.43. The summed E-state index contributed by atoms with van der Waals surface area (Å²) in [6.07, 6.45) is -0.935. The zero-order valence-corrected chi connectivity index (χ0v) is 19.7. The van der Waals surface area contributed by atoms with Crippen LogP contribution in [-0.4, -0.2) is 60.5 Å². The lowest BCUT2D eigenvalue weighted by Crippen LogP contribution is -2.38. The average molecular weight is 520 g/mol. The van der Waals surface area contributed by atoms with E-state index in [2.05, 4.69) is 10.6 Å². The van der Waals surface area contributed by atoms with Crippen LogP contribution in [0.1, 0.15) is 55.2 Å². The van der Waals surface area contributed by atoms with Crippen LogP contribution in [0.3, 0.4) is 0 Å². The third-order valence-electron chi connectivity index (χ3n) is 5.53. The summed E-state index contributed by atoms with van der Waals surface area (Å²) in [7, 11) is 0. The Balaban J connectivity index is 2.07. The topological polar surface area (TPSA) is 228 Å². The van der Waals surface area contributed by atoms with E-state index in [1.807, 2.05) is 30.3 Å². The summed E-state index contributed by atoms with van der Waals surface area (Å²) in [4.78, 5) is 72.7. The van der Waals surface area contributed by atoms with Gasteiger partial charge in [-0.1, -0.05) is 30.3 Å². The molecule has 1 heterocycles. The number of aromatic amines is 1. The van der Waals surface area contributed by atoms with E-state index in [1.165, 1.54) is 0 Å². The molecule has 7 N–H and O–H groups in total. The molecule has 0 radical (unpaired) electrons. The number of amides is 2. The normalized spacial score (nSPS) is 12.3. The van der Waals surface area contributed by atoms with E-state index in [-0.39, 0.29) is 19.4 Å². The van der Waals surface area contributed by atoms with Gasteiger partial charge in [-0.2, -0.15) is 0 Å². The Morgan fingerprint density at radius 3 is 2.19 bits per heavy atom. The second-order valence-electron chi connectivity index (χ2n) is 8.13. The van der Waals surface area contributed by atoms with Crippen molar-refractivity contribution in [3.63, 3.8) is 0 Å². The van der Waals surface area contributed by atoms with Crippen molar-refractivity contribution < 1.29 is 39.6 Å². The highest BCUT2D eigenvalue weighted by atomic mass is 16.4. The van der Waals surface area contributed by atoms with Gasteiger partial charge in [0.2, 0.25) is 5.88 Å². The van der Waals surface area contributed by atoms with Gasteiger partial charge in [0, 0.05) is 19.5 Å². The molecule has 0 unspecified atom stereocenters. The second kappa shape index (κ2) is 13.5. The van der Waals surface area contributed by atoms with Gasteiger partial charge in [-0.25, -0.2) is 19.0 Å². The molecule has 2 rings (SSSR count). The third kappa shape index (κ3) is 8.23. The maximum absolute atomic E-state index is 12.4. The maximum Gasteiger partial charge on any atom is 0.331 e. The van der Waals surface area contributed by atoms with E-state index in [0.717, 1.165) is 5.56 Å². The Morgan fingerprint density at radius 1 is 0.919 bits per heavy atom. The Hall–Kier alpha value is -4.62. The summed E-state index contributed by atoms with van der Waals surface area (Å²) in [5, 5.41) is 43.8. The SMILES string of the molecule is O=C(O)CC[C@H](C(=O)O)c1c(O)n([C@@H](CCCCNC(=O)NCc2ccccc2)C(=O)O)c(=O)[nH]c1=O. The molecule has 37 heavy (non-hydrogen) atoms. The first-order chi connectivity index (χ1) is 17.5. The van der Waals surface area contributed by atoms with Gasteiger partial charge in [-0.05, 0) is 31.2 Å². The Morgan fingerprint density at radius 2 is 1.59 bits per heavy atom. The summed E-state index contributed by atoms with van der Waals surface area (Å²) in [6, 6.07) is 7.11. The van der Waals surface area contributed by atoms with Crippen LogP contribution in [-0.2, 0) is 20.9 Å². The molecular formula is C23H28N4O10. The molecule has 2 atom stereocenters. The molecule has 0 spiro atoms. The number of aromatic hydroxyl groups is 1. The molecule has 2 amide bonds. The fourth-order valence-electron chi connectivity index (χ4n) is 3.68. The van der Waals surface area contributed by atoms with E-state index in [4.69, 9.17) is 5.11 Å². The number of nitrogens with zero attached hydrogens (tertiary/aromatic N) is 1. The van der Waals surface area contributed by atoms with Crippen LogP contribution in [0.5, 0.6) is 5.88 Å². The first-order valence-electron chi connectivity index (χ1n) is 11.3. The van der Waals surface area contributed by atoms with Crippen molar-refractivity contribution in [2.45, 2.75) is 50.6 Å². The van der Waals surface area contributed by atoms with Crippen molar-refractivity contribution in [3.05, 3.63) is 62.3 Å². The minimum absolute atomic E-state index is 0.178. The Labute approximate surface area is 209 Å².